The summed E-state index contributed by atoms with van der Waals surface area (Å²) in [6.45, 7) is 0.908. The molecule has 0 saturated heterocycles. The topological polar surface area (TPSA) is 46.3 Å². The van der Waals surface area contributed by atoms with Crippen LogP contribution in [0.1, 0.15) is 12.5 Å². The molecule has 0 spiro atoms. The molecule has 0 fully saturated rings. The zero-order chi connectivity index (χ0) is 13.1. The fourth-order valence-corrected chi connectivity index (χ4v) is 1.59. The fourth-order valence-electron chi connectivity index (χ4n) is 1.59. The SMILES string of the molecule is CN(CC(F)F)C(=O)C(C)(N)c1ccccc1. The third-order valence-electron chi connectivity index (χ3n) is 2.58. The van der Waals surface area contributed by atoms with Crippen molar-refractivity contribution < 1.29 is 13.6 Å². The molecule has 5 heteroatoms. The van der Waals surface area contributed by atoms with Crippen LogP contribution in [0.25, 0.3) is 0 Å². The summed E-state index contributed by atoms with van der Waals surface area (Å²) in [5.74, 6) is -0.524. The summed E-state index contributed by atoms with van der Waals surface area (Å²) < 4.78 is 24.4. The van der Waals surface area contributed by atoms with Crippen LogP contribution in [0.4, 0.5) is 8.78 Å². The van der Waals surface area contributed by atoms with Gasteiger partial charge in [0.2, 0.25) is 5.91 Å². The highest BCUT2D eigenvalue weighted by Crippen LogP contribution is 2.20. The number of carbonyl (C=O) groups excluding carboxylic acids is 1. The first-order chi connectivity index (χ1) is 7.85. The highest BCUT2D eigenvalue weighted by molar-refractivity contribution is 5.86. The van der Waals surface area contributed by atoms with Gasteiger partial charge < -0.3 is 10.6 Å². The third kappa shape index (κ3) is 3.23. The molecule has 17 heavy (non-hydrogen) atoms. The predicted octanol–water partition coefficient (Wildman–Crippen LogP) is 1.58. The van der Waals surface area contributed by atoms with Gasteiger partial charge in [0.05, 0.1) is 6.54 Å². The number of amides is 1. The molecule has 1 aromatic rings. The van der Waals surface area contributed by atoms with E-state index in [4.69, 9.17) is 5.73 Å². The van der Waals surface area contributed by atoms with E-state index in [1.54, 1.807) is 30.3 Å². The standard InChI is InChI=1S/C12H16F2N2O/c1-12(15,9-6-4-3-5-7-9)11(17)16(2)8-10(13)14/h3-7,10H,8,15H2,1-2H3. The Morgan fingerprint density at radius 2 is 1.94 bits per heavy atom. The lowest BCUT2D eigenvalue weighted by Gasteiger charge is -2.29. The van der Waals surface area contributed by atoms with Crippen LogP contribution in [-0.4, -0.2) is 30.8 Å². The highest BCUT2D eigenvalue weighted by atomic mass is 19.3. The van der Waals surface area contributed by atoms with Gasteiger partial charge in [-0.1, -0.05) is 30.3 Å². The summed E-state index contributed by atoms with van der Waals surface area (Å²) in [6, 6.07) is 8.71. The van der Waals surface area contributed by atoms with Gasteiger partial charge in [-0.05, 0) is 12.5 Å². The van der Waals surface area contributed by atoms with Gasteiger partial charge in [0, 0.05) is 7.05 Å². The number of halogens is 2. The molecule has 0 aromatic heterocycles. The van der Waals surface area contributed by atoms with E-state index in [0.717, 1.165) is 4.90 Å². The largest absolute Gasteiger partial charge is 0.338 e. The quantitative estimate of drug-likeness (QED) is 0.871. The summed E-state index contributed by atoms with van der Waals surface area (Å²) in [5.41, 5.74) is 5.24. The Morgan fingerprint density at radius 3 is 2.41 bits per heavy atom. The number of likely N-dealkylation sites (N-methyl/N-ethyl adjacent to an activating group) is 1. The number of nitrogens with zero attached hydrogens (tertiary/aromatic N) is 1. The summed E-state index contributed by atoms with van der Waals surface area (Å²) in [5, 5.41) is 0. The van der Waals surface area contributed by atoms with Crippen LogP contribution in [0, 0.1) is 0 Å². The van der Waals surface area contributed by atoms with Crippen LogP contribution < -0.4 is 5.73 Å². The second kappa shape index (κ2) is 5.23. The van der Waals surface area contributed by atoms with Crippen molar-refractivity contribution in [3.63, 3.8) is 0 Å². The molecule has 1 atom stereocenters. The third-order valence-corrected chi connectivity index (χ3v) is 2.58. The molecule has 0 radical (unpaired) electrons. The van der Waals surface area contributed by atoms with E-state index in [0.29, 0.717) is 5.56 Å². The van der Waals surface area contributed by atoms with Gasteiger partial charge in [0.25, 0.3) is 6.43 Å². The molecule has 1 amide bonds. The predicted molar refractivity (Wildman–Crippen MR) is 61.6 cm³/mol. The monoisotopic (exact) mass is 242 g/mol. The molecular weight excluding hydrogens is 226 g/mol. The van der Waals surface area contributed by atoms with Gasteiger partial charge in [-0.2, -0.15) is 0 Å². The molecule has 0 saturated carbocycles. The minimum Gasteiger partial charge on any atom is -0.338 e. The van der Waals surface area contributed by atoms with Crippen LogP contribution >= 0.6 is 0 Å². The van der Waals surface area contributed by atoms with Crippen molar-refractivity contribution in [2.24, 2.45) is 5.73 Å². The molecule has 1 unspecified atom stereocenters. The Bertz CT molecular complexity index is 379. The number of alkyl halides is 2. The average Bonchev–Trinajstić information content (AvgIpc) is 2.28. The van der Waals surface area contributed by atoms with Crippen LogP contribution in [0.5, 0.6) is 0 Å². The summed E-state index contributed by atoms with van der Waals surface area (Å²) in [6.07, 6.45) is -2.56. The molecule has 0 aliphatic heterocycles. The minimum absolute atomic E-state index is 0.524. The van der Waals surface area contributed by atoms with E-state index in [-0.39, 0.29) is 0 Å². The van der Waals surface area contributed by atoms with Crippen molar-refractivity contribution in [3.05, 3.63) is 35.9 Å². The number of hydrogen-bond donors (Lipinski definition) is 1. The van der Waals surface area contributed by atoms with E-state index in [1.807, 2.05) is 0 Å². The molecule has 94 valence electrons. The smallest absolute Gasteiger partial charge is 0.255 e. The van der Waals surface area contributed by atoms with Gasteiger partial charge in [-0.15, -0.1) is 0 Å². The Kier molecular flexibility index (Phi) is 4.17. The highest BCUT2D eigenvalue weighted by Gasteiger charge is 2.33. The Hall–Kier alpha value is -1.49. The van der Waals surface area contributed by atoms with Crippen LogP contribution in [0.15, 0.2) is 30.3 Å². The van der Waals surface area contributed by atoms with Crippen molar-refractivity contribution in [1.82, 2.24) is 4.90 Å². The summed E-state index contributed by atoms with van der Waals surface area (Å²) in [7, 11) is 1.32. The maximum atomic E-state index is 12.2. The Labute approximate surface area is 99.2 Å². The van der Waals surface area contributed by atoms with Crippen molar-refractivity contribution in [2.45, 2.75) is 18.9 Å². The second-order valence-corrected chi connectivity index (χ2v) is 4.15. The molecule has 3 nitrogen and oxygen atoms in total. The van der Waals surface area contributed by atoms with Gasteiger partial charge in [0.15, 0.2) is 0 Å². The molecule has 1 rings (SSSR count). The van der Waals surface area contributed by atoms with Gasteiger partial charge in [0.1, 0.15) is 5.54 Å². The lowest BCUT2D eigenvalue weighted by atomic mass is 9.92. The zero-order valence-electron chi connectivity index (χ0n) is 9.86. The van der Waals surface area contributed by atoms with Gasteiger partial charge in [-0.3, -0.25) is 4.79 Å². The summed E-state index contributed by atoms with van der Waals surface area (Å²) in [4.78, 5) is 12.9. The first kappa shape index (κ1) is 13.6. The number of rotatable bonds is 4. The molecule has 2 N–H and O–H groups in total. The van der Waals surface area contributed by atoms with Crippen LogP contribution in [-0.2, 0) is 10.3 Å². The molecule has 1 aromatic carbocycles. The normalized spacial score (nSPS) is 14.5. The molecule has 0 heterocycles. The molecule has 0 aliphatic rings. The minimum atomic E-state index is -2.56. The molecule has 0 aliphatic carbocycles. The van der Waals surface area contributed by atoms with Gasteiger partial charge in [-0.25, -0.2) is 8.78 Å². The van der Waals surface area contributed by atoms with E-state index >= 15 is 0 Å². The second-order valence-electron chi connectivity index (χ2n) is 4.15. The number of nitrogens with two attached hydrogens (primary N) is 1. The maximum Gasteiger partial charge on any atom is 0.255 e. The lowest BCUT2D eigenvalue weighted by molar-refractivity contribution is -0.137. The first-order valence-corrected chi connectivity index (χ1v) is 5.24. The number of carbonyl (C=O) groups is 1. The van der Waals surface area contributed by atoms with E-state index in [1.165, 1.54) is 14.0 Å². The number of benzene rings is 1. The lowest BCUT2D eigenvalue weighted by Crippen LogP contribution is -2.50. The van der Waals surface area contributed by atoms with Crippen molar-refractivity contribution in [3.8, 4) is 0 Å². The van der Waals surface area contributed by atoms with E-state index in [9.17, 15) is 13.6 Å². The maximum absolute atomic E-state index is 12.2. The van der Waals surface area contributed by atoms with E-state index < -0.39 is 24.4 Å². The van der Waals surface area contributed by atoms with Crippen LogP contribution in [0.2, 0.25) is 0 Å². The molecular formula is C12H16F2N2O. The Morgan fingerprint density at radius 1 is 1.41 bits per heavy atom. The molecule has 0 bridgehead atoms. The van der Waals surface area contributed by atoms with Crippen molar-refractivity contribution >= 4 is 5.91 Å². The summed E-state index contributed by atoms with van der Waals surface area (Å²) >= 11 is 0. The average molecular weight is 242 g/mol. The van der Waals surface area contributed by atoms with E-state index in [2.05, 4.69) is 0 Å². The van der Waals surface area contributed by atoms with Gasteiger partial charge >= 0.3 is 0 Å². The fraction of sp³-hybridized carbons (Fsp3) is 0.417. The number of hydrogen-bond acceptors (Lipinski definition) is 2. The first-order valence-electron chi connectivity index (χ1n) is 5.24. The van der Waals surface area contributed by atoms with Crippen LogP contribution in [0.3, 0.4) is 0 Å². The van der Waals surface area contributed by atoms with Crippen molar-refractivity contribution in [1.29, 1.82) is 0 Å². The zero-order valence-corrected chi connectivity index (χ0v) is 9.86. The Balaban J connectivity index is 2.87. The van der Waals surface area contributed by atoms with Crippen molar-refractivity contribution in [2.75, 3.05) is 13.6 Å².